The van der Waals surface area contributed by atoms with Crippen LogP contribution in [0, 0.1) is 0 Å². The van der Waals surface area contributed by atoms with E-state index in [0.29, 0.717) is 29.6 Å². The van der Waals surface area contributed by atoms with E-state index < -0.39 is 0 Å². The van der Waals surface area contributed by atoms with Crippen LogP contribution < -0.4 is 10.5 Å². The van der Waals surface area contributed by atoms with E-state index in [2.05, 4.69) is 0 Å². The van der Waals surface area contributed by atoms with Crippen molar-refractivity contribution in [2.24, 2.45) is 0 Å². The maximum Gasteiger partial charge on any atom is 0.198 e. The third kappa shape index (κ3) is 2.92. The molecule has 0 radical (unpaired) electrons. The summed E-state index contributed by atoms with van der Waals surface area (Å²) in [6.07, 6.45) is 1.72. The lowest BCUT2D eigenvalue weighted by molar-refractivity contribution is -0.115. The van der Waals surface area contributed by atoms with Crippen molar-refractivity contribution < 1.29 is 14.0 Å². The van der Waals surface area contributed by atoms with Gasteiger partial charge in [-0.2, -0.15) is 0 Å². The zero-order chi connectivity index (χ0) is 17.2. The van der Waals surface area contributed by atoms with Gasteiger partial charge in [-0.15, -0.1) is 0 Å². The van der Waals surface area contributed by atoms with Crippen LogP contribution in [-0.4, -0.2) is 12.9 Å². The summed E-state index contributed by atoms with van der Waals surface area (Å²) in [6, 6.07) is 16.7. The van der Waals surface area contributed by atoms with E-state index in [9.17, 15) is 4.79 Å². The highest BCUT2D eigenvalue weighted by Gasteiger charge is 2.37. The fraction of sp³-hybridized carbons (Fsp3) is 0.250. The molecular weight excluding hydrogens is 318 g/mol. The molecule has 0 unspecified atom stereocenters. The van der Waals surface area contributed by atoms with Crippen molar-refractivity contribution in [3.63, 3.8) is 0 Å². The molecule has 3 aromatic rings. The fourth-order valence-corrected chi connectivity index (χ4v) is 3.20. The predicted octanol–water partition coefficient (Wildman–Crippen LogP) is 4.04. The molecule has 1 aromatic heterocycles. The second kappa shape index (κ2) is 6.70. The van der Waals surface area contributed by atoms with Crippen LogP contribution in [0.25, 0.3) is 11.0 Å². The topological polar surface area (TPSA) is 51.9 Å². The first kappa shape index (κ1) is 15.9. The Balaban J connectivity index is 1.78. The van der Waals surface area contributed by atoms with Crippen molar-refractivity contribution in [3.05, 3.63) is 76.6 Å². The standard InChI is InChI=1S/C20H19NO4/c1-2-23-19-12-17(21(25-19)14-8-4-3-5-9-14)16-13-24-18-11-7-6-10-15(18)20(16)22/h3-11,13,17,19H,2,12H2,1H3/t17-,19-/m0/s1. The lowest BCUT2D eigenvalue weighted by atomic mass is 10.0. The SMILES string of the molecule is CCO[C@@H]1C[C@@H](c2coc3ccccc3c2=O)N(c2ccccc2)O1. The second-order valence-electron chi connectivity index (χ2n) is 5.92. The second-order valence-corrected chi connectivity index (χ2v) is 5.92. The number of hydrogen-bond acceptors (Lipinski definition) is 5. The van der Waals surface area contributed by atoms with Crippen molar-refractivity contribution >= 4 is 16.7 Å². The molecule has 0 N–H and O–H groups in total. The molecule has 5 nitrogen and oxygen atoms in total. The molecule has 0 aliphatic carbocycles. The van der Waals surface area contributed by atoms with E-state index in [-0.39, 0.29) is 17.8 Å². The Labute approximate surface area is 145 Å². The predicted molar refractivity (Wildman–Crippen MR) is 95.3 cm³/mol. The number of fused-ring (bicyclic) bond motifs is 1. The minimum Gasteiger partial charge on any atom is -0.464 e. The largest absolute Gasteiger partial charge is 0.464 e. The van der Waals surface area contributed by atoms with E-state index in [1.165, 1.54) is 0 Å². The minimum atomic E-state index is -0.388. The van der Waals surface area contributed by atoms with Gasteiger partial charge < -0.3 is 9.15 Å². The first-order valence-corrected chi connectivity index (χ1v) is 8.41. The van der Waals surface area contributed by atoms with Gasteiger partial charge in [0.2, 0.25) is 0 Å². The minimum absolute atomic E-state index is 0.0338. The number of hydroxylamine groups is 1. The average Bonchev–Trinajstić information content (AvgIpc) is 3.07. The summed E-state index contributed by atoms with van der Waals surface area (Å²) < 4.78 is 11.3. The van der Waals surface area contributed by atoms with Gasteiger partial charge in [0.1, 0.15) is 11.8 Å². The van der Waals surface area contributed by atoms with Gasteiger partial charge >= 0.3 is 0 Å². The number of nitrogens with zero attached hydrogens (tertiary/aromatic N) is 1. The molecule has 4 rings (SSSR count). The van der Waals surface area contributed by atoms with Crippen LogP contribution in [0.1, 0.15) is 24.9 Å². The van der Waals surface area contributed by atoms with Crippen LogP contribution in [0.5, 0.6) is 0 Å². The van der Waals surface area contributed by atoms with Crippen molar-refractivity contribution in [1.29, 1.82) is 0 Å². The van der Waals surface area contributed by atoms with Crippen LogP contribution in [0.4, 0.5) is 5.69 Å². The first-order valence-electron chi connectivity index (χ1n) is 8.41. The smallest absolute Gasteiger partial charge is 0.198 e. The number of hydrogen-bond donors (Lipinski definition) is 0. The highest BCUT2D eigenvalue weighted by molar-refractivity contribution is 5.76. The zero-order valence-corrected chi connectivity index (χ0v) is 13.9. The van der Waals surface area contributed by atoms with Crippen molar-refractivity contribution in [3.8, 4) is 0 Å². The van der Waals surface area contributed by atoms with Crippen LogP contribution in [0.3, 0.4) is 0 Å². The molecule has 1 saturated heterocycles. The molecule has 128 valence electrons. The number of para-hydroxylation sites is 2. The van der Waals surface area contributed by atoms with Crippen molar-refractivity contribution in [2.75, 3.05) is 11.7 Å². The third-order valence-electron chi connectivity index (χ3n) is 4.36. The summed E-state index contributed by atoms with van der Waals surface area (Å²) in [6.45, 7) is 2.47. The Kier molecular flexibility index (Phi) is 4.26. The zero-order valence-electron chi connectivity index (χ0n) is 13.9. The summed E-state index contributed by atoms with van der Waals surface area (Å²) in [7, 11) is 0. The Morgan fingerprint density at radius 2 is 1.88 bits per heavy atom. The summed E-state index contributed by atoms with van der Waals surface area (Å²) in [4.78, 5) is 18.9. The molecule has 0 saturated carbocycles. The van der Waals surface area contributed by atoms with Crippen LogP contribution in [0.15, 0.2) is 70.1 Å². The molecule has 1 aliphatic heterocycles. The lowest BCUT2D eigenvalue weighted by Gasteiger charge is -2.24. The Bertz CT molecular complexity index is 922. The van der Waals surface area contributed by atoms with Gasteiger partial charge in [0.15, 0.2) is 11.7 Å². The molecule has 0 spiro atoms. The van der Waals surface area contributed by atoms with Gasteiger partial charge in [0, 0.05) is 13.0 Å². The quantitative estimate of drug-likeness (QED) is 0.719. The summed E-state index contributed by atoms with van der Waals surface area (Å²) in [5, 5.41) is 2.33. The van der Waals surface area contributed by atoms with Gasteiger partial charge in [-0.25, -0.2) is 9.90 Å². The van der Waals surface area contributed by atoms with E-state index in [1.54, 1.807) is 23.5 Å². The number of anilines is 1. The molecule has 1 aliphatic rings. The van der Waals surface area contributed by atoms with E-state index in [1.807, 2.05) is 49.4 Å². The maximum absolute atomic E-state index is 13.0. The number of ether oxygens (including phenoxy) is 1. The lowest BCUT2D eigenvalue weighted by Crippen LogP contribution is -2.26. The van der Waals surface area contributed by atoms with Crippen molar-refractivity contribution in [2.45, 2.75) is 25.7 Å². The molecule has 2 atom stereocenters. The summed E-state index contributed by atoms with van der Waals surface area (Å²) in [5.41, 5.74) is 2.00. The van der Waals surface area contributed by atoms with Crippen LogP contribution in [-0.2, 0) is 9.57 Å². The molecule has 1 fully saturated rings. The summed E-state index contributed by atoms with van der Waals surface area (Å²) >= 11 is 0. The van der Waals surface area contributed by atoms with E-state index in [0.717, 1.165) is 5.69 Å². The average molecular weight is 337 g/mol. The van der Waals surface area contributed by atoms with Gasteiger partial charge in [-0.3, -0.25) is 4.79 Å². The van der Waals surface area contributed by atoms with Crippen LogP contribution >= 0.6 is 0 Å². The number of benzene rings is 2. The molecular formula is C20H19NO4. The molecule has 2 aromatic carbocycles. The maximum atomic E-state index is 13.0. The first-order chi connectivity index (χ1) is 12.3. The van der Waals surface area contributed by atoms with Crippen molar-refractivity contribution in [1.82, 2.24) is 0 Å². The van der Waals surface area contributed by atoms with Gasteiger partial charge in [0.25, 0.3) is 0 Å². The molecule has 0 bridgehead atoms. The molecule has 25 heavy (non-hydrogen) atoms. The normalized spacial score (nSPS) is 20.3. The van der Waals surface area contributed by atoms with Gasteiger partial charge in [-0.1, -0.05) is 30.3 Å². The van der Waals surface area contributed by atoms with Gasteiger partial charge in [-0.05, 0) is 31.2 Å². The molecule has 0 amide bonds. The fourth-order valence-electron chi connectivity index (χ4n) is 3.20. The Hall–Kier alpha value is -2.63. The third-order valence-corrected chi connectivity index (χ3v) is 4.36. The number of rotatable bonds is 4. The monoisotopic (exact) mass is 337 g/mol. The Morgan fingerprint density at radius 1 is 1.12 bits per heavy atom. The molecule has 2 heterocycles. The molecule has 5 heteroatoms. The Morgan fingerprint density at radius 3 is 2.68 bits per heavy atom. The van der Waals surface area contributed by atoms with E-state index in [4.69, 9.17) is 14.0 Å². The van der Waals surface area contributed by atoms with Gasteiger partial charge in [0.05, 0.1) is 22.7 Å². The highest BCUT2D eigenvalue weighted by Crippen LogP contribution is 2.37. The summed E-state index contributed by atoms with van der Waals surface area (Å²) in [5.74, 6) is 0. The van der Waals surface area contributed by atoms with Crippen LogP contribution in [0.2, 0.25) is 0 Å². The highest BCUT2D eigenvalue weighted by atomic mass is 16.8. The van der Waals surface area contributed by atoms with E-state index >= 15 is 0 Å².